The lowest BCUT2D eigenvalue weighted by Gasteiger charge is -2.25. The molecule has 1 N–H and O–H groups in total. The van der Waals surface area contributed by atoms with E-state index in [1.165, 1.54) is 12.3 Å². The van der Waals surface area contributed by atoms with Crippen LogP contribution in [0.4, 0.5) is 15.0 Å². The Labute approximate surface area is 162 Å². The van der Waals surface area contributed by atoms with E-state index in [9.17, 15) is 9.18 Å². The van der Waals surface area contributed by atoms with Crippen molar-refractivity contribution in [2.75, 3.05) is 0 Å². The summed E-state index contributed by atoms with van der Waals surface area (Å²) < 4.78 is 21.6. The number of aromatic nitrogens is 3. The normalized spacial score (nSPS) is 15.6. The van der Waals surface area contributed by atoms with Crippen LogP contribution < -0.4 is 10.1 Å². The van der Waals surface area contributed by atoms with Gasteiger partial charge in [-0.05, 0) is 34.1 Å². The van der Waals surface area contributed by atoms with Gasteiger partial charge in [0.15, 0.2) is 11.6 Å². The molecule has 136 valence electrons. The molecule has 0 saturated heterocycles. The number of ether oxygens (including phenoxy) is 1. The highest BCUT2D eigenvalue weighted by Crippen LogP contribution is 2.34. The molecule has 1 unspecified atom stereocenters. The largest absolute Gasteiger partial charge is 0.414 e. The number of aliphatic imine (C=N–C) groups is 1. The molecule has 1 aromatic carbocycles. The average molecular weight is 430 g/mol. The van der Waals surface area contributed by atoms with Gasteiger partial charge < -0.3 is 4.74 Å². The first-order valence-electron chi connectivity index (χ1n) is 8.05. The van der Waals surface area contributed by atoms with Crippen molar-refractivity contribution in [2.24, 2.45) is 4.99 Å². The molecular formula is C18H13BrFN5O2. The number of halogens is 2. The molecule has 1 atom stereocenters. The highest BCUT2D eigenvalue weighted by Gasteiger charge is 2.28. The molecule has 3 heterocycles. The quantitative estimate of drug-likeness (QED) is 0.682. The zero-order valence-corrected chi connectivity index (χ0v) is 15.4. The van der Waals surface area contributed by atoms with Crippen LogP contribution in [0.1, 0.15) is 18.2 Å². The van der Waals surface area contributed by atoms with E-state index in [0.29, 0.717) is 27.3 Å². The van der Waals surface area contributed by atoms with Crippen LogP contribution in [0.5, 0.6) is 5.75 Å². The average Bonchev–Trinajstić information content (AvgIpc) is 3.04. The molecule has 9 heteroatoms. The van der Waals surface area contributed by atoms with Gasteiger partial charge >= 0.3 is 6.09 Å². The minimum absolute atomic E-state index is 0.254. The molecule has 0 bridgehead atoms. The van der Waals surface area contributed by atoms with Crippen molar-refractivity contribution in [1.82, 2.24) is 20.1 Å². The number of hydrogen-bond donors (Lipinski definition) is 1. The zero-order chi connectivity index (χ0) is 18.8. The van der Waals surface area contributed by atoms with Crippen LogP contribution in [0.25, 0.3) is 0 Å². The van der Waals surface area contributed by atoms with Gasteiger partial charge in [0.1, 0.15) is 12.0 Å². The summed E-state index contributed by atoms with van der Waals surface area (Å²) in [7, 11) is 0. The third-order valence-corrected chi connectivity index (χ3v) is 4.52. The van der Waals surface area contributed by atoms with E-state index in [0.717, 1.165) is 0 Å². The fourth-order valence-corrected chi connectivity index (χ4v) is 3.13. The number of carbonyl (C=O) groups is 1. The van der Waals surface area contributed by atoms with E-state index < -0.39 is 12.3 Å². The molecule has 0 saturated carbocycles. The van der Waals surface area contributed by atoms with Crippen molar-refractivity contribution in [3.8, 4) is 5.75 Å². The predicted octanol–water partition coefficient (Wildman–Crippen LogP) is 3.99. The standard InChI is InChI=1S/C18H13BrFN5O2/c19-13-10-22-25-16(24-18(26)27-11-4-3-7-21-9-11)8-15(23-17(13)25)12-5-1-2-6-14(12)20/h1-7,9-10,16H,8H2,(H,24,26). The molecule has 1 aliphatic rings. The minimum atomic E-state index is -0.666. The third kappa shape index (κ3) is 3.59. The van der Waals surface area contributed by atoms with Crippen LogP contribution in [-0.4, -0.2) is 26.6 Å². The maximum Gasteiger partial charge on any atom is 0.414 e. The van der Waals surface area contributed by atoms with E-state index in [-0.39, 0.29) is 12.2 Å². The summed E-state index contributed by atoms with van der Waals surface area (Å²) in [6, 6.07) is 9.66. The predicted molar refractivity (Wildman–Crippen MR) is 99.6 cm³/mol. The van der Waals surface area contributed by atoms with Crippen molar-refractivity contribution < 1.29 is 13.9 Å². The molecule has 1 aliphatic heterocycles. The zero-order valence-electron chi connectivity index (χ0n) is 13.8. The Morgan fingerprint density at radius 1 is 1.26 bits per heavy atom. The van der Waals surface area contributed by atoms with Gasteiger partial charge in [0.05, 0.1) is 22.6 Å². The fourth-order valence-electron chi connectivity index (χ4n) is 2.77. The summed E-state index contributed by atoms with van der Waals surface area (Å²) in [5.41, 5.74) is 0.887. The first kappa shape index (κ1) is 17.3. The summed E-state index contributed by atoms with van der Waals surface area (Å²) >= 11 is 3.38. The molecule has 1 amide bonds. The van der Waals surface area contributed by atoms with Crippen LogP contribution in [-0.2, 0) is 0 Å². The topological polar surface area (TPSA) is 81.4 Å². The van der Waals surface area contributed by atoms with Gasteiger partial charge in [0.2, 0.25) is 0 Å². The monoisotopic (exact) mass is 429 g/mol. The van der Waals surface area contributed by atoms with Gasteiger partial charge in [-0.2, -0.15) is 5.10 Å². The Balaban J connectivity index is 1.61. The highest BCUT2D eigenvalue weighted by atomic mass is 79.9. The number of hydrogen-bond acceptors (Lipinski definition) is 5. The number of benzene rings is 1. The van der Waals surface area contributed by atoms with E-state index >= 15 is 0 Å². The first-order chi connectivity index (χ1) is 13.1. The fraction of sp³-hybridized carbons (Fsp3) is 0.111. The Morgan fingerprint density at radius 2 is 2.11 bits per heavy atom. The van der Waals surface area contributed by atoms with Crippen molar-refractivity contribution in [3.05, 3.63) is 70.8 Å². The summed E-state index contributed by atoms with van der Waals surface area (Å²) in [4.78, 5) is 20.7. The molecular weight excluding hydrogens is 417 g/mol. The molecule has 2 aromatic heterocycles. The molecule has 0 fully saturated rings. The van der Waals surface area contributed by atoms with Gasteiger partial charge in [0.25, 0.3) is 0 Å². The lowest BCUT2D eigenvalue weighted by Crippen LogP contribution is -2.38. The molecule has 3 aromatic rings. The number of rotatable bonds is 3. The summed E-state index contributed by atoms with van der Waals surface area (Å²) in [6.07, 6.45) is 3.59. The highest BCUT2D eigenvalue weighted by molar-refractivity contribution is 9.10. The van der Waals surface area contributed by atoms with Crippen molar-refractivity contribution in [3.63, 3.8) is 0 Å². The maximum absolute atomic E-state index is 14.2. The van der Waals surface area contributed by atoms with Gasteiger partial charge in [0, 0.05) is 18.2 Å². The van der Waals surface area contributed by atoms with Crippen molar-refractivity contribution in [1.29, 1.82) is 0 Å². The summed E-state index contributed by atoms with van der Waals surface area (Å²) in [5, 5.41) is 6.98. The smallest absolute Gasteiger partial charge is 0.409 e. The number of nitrogens with one attached hydrogen (secondary N) is 1. The van der Waals surface area contributed by atoms with Crippen molar-refractivity contribution >= 4 is 33.6 Å². The van der Waals surface area contributed by atoms with Crippen LogP contribution in [0.3, 0.4) is 0 Å². The lowest BCUT2D eigenvalue weighted by atomic mass is 10.0. The van der Waals surface area contributed by atoms with Gasteiger partial charge in [-0.1, -0.05) is 18.2 Å². The van der Waals surface area contributed by atoms with Crippen LogP contribution in [0.2, 0.25) is 0 Å². The number of carbonyl (C=O) groups excluding carboxylic acids is 1. The Morgan fingerprint density at radius 3 is 2.89 bits per heavy atom. The first-order valence-corrected chi connectivity index (χ1v) is 8.85. The molecule has 0 spiro atoms. The van der Waals surface area contributed by atoms with Crippen LogP contribution >= 0.6 is 15.9 Å². The molecule has 0 aliphatic carbocycles. The number of amides is 1. The third-order valence-electron chi connectivity index (χ3n) is 3.96. The Bertz CT molecular complexity index is 1020. The van der Waals surface area contributed by atoms with Gasteiger partial charge in [-0.25, -0.2) is 18.9 Å². The number of pyridine rings is 1. The van der Waals surface area contributed by atoms with E-state index in [1.807, 2.05) is 0 Å². The summed E-state index contributed by atoms with van der Waals surface area (Å²) in [5.74, 6) is 0.430. The Hall–Kier alpha value is -3.07. The van der Waals surface area contributed by atoms with Crippen LogP contribution in [0, 0.1) is 5.82 Å². The number of nitrogens with zero attached hydrogens (tertiary/aromatic N) is 4. The van der Waals surface area contributed by atoms with Crippen molar-refractivity contribution in [2.45, 2.75) is 12.6 Å². The second-order valence-corrected chi connectivity index (χ2v) is 6.60. The second kappa shape index (κ2) is 7.28. The molecule has 7 nitrogen and oxygen atoms in total. The SMILES string of the molecule is O=C(NC1CC(c2ccccc2F)=Nc2c(Br)cnn21)Oc1cccnc1. The van der Waals surface area contributed by atoms with E-state index in [1.54, 1.807) is 47.4 Å². The lowest BCUT2D eigenvalue weighted by molar-refractivity contribution is 0.189. The van der Waals surface area contributed by atoms with Gasteiger partial charge in [-0.3, -0.25) is 10.3 Å². The maximum atomic E-state index is 14.2. The van der Waals surface area contributed by atoms with Crippen LogP contribution in [0.15, 0.2) is 64.5 Å². The second-order valence-electron chi connectivity index (χ2n) is 5.74. The minimum Gasteiger partial charge on any atom is -0.409 e. The Kier molecular flexibility index (Phi) is 4.68. The van der Waals surface area contributed by atoms with Gasteiger partial charge in [-0.15, -0.1) is 0 Å². The molecule has 0 radical (unpaired) electrons. The number of fused-ring (bicyclic) bond motifs is 1. The van der Waals surface area contributed by atoms with E-state index in [4.69, 9.17) is 4.74 Å². The van der Waals surface area contributed by atoms with E-state index in [2.05, 4.69) is 36.3 Å². The summed E-state index contributed by atoms with van der Waals surface area (Å²) in [6.45, 7) is 0. The molecule has 4 rings (SSSR count). The molecule has 27 heavy (non-hydrogen) atoms.